The first kappa shape index (κ1) is 23.1. The quantitative estimate of drug-likeness (QED) is 0.512. The Morgan fingerprint density at radius 3 is 2.68 bits per heavy atom. The van der Waals surface area contributed by atoms with E-state index >= 15 is 0 Å². The van der Waals surface area contributed by atoms with Gasteiger partial charge in [-0.3, -0.25) is 4.72 Å². The summed E-state index contributed by atoms with van der Waals surface area (Å²) in [6.07, 6.45) is 0.452. The van der Waals surface area contributed by atoms with Crippen LogP contribution in [0, 0.1) is 34.3 Å². The Hall–Kier alpha value is -2.55. The Bertz CT molecular complexity index is 1160. The van der Waals surface area contributed by atoms with Gasteiger partial charge in [-0.05, 0) is 32.6 Å². The predicted molar refractivity (Wildman–Crippen MR) is 110 cm³/mol. The minimum absolute atomic E-state index is 0.0459. The molecule has 0 saturated carbocycles. The fraction of sp³-hybridized carbons (Fsp3) is 0.368. The number of anilines is 2. The summed E-state index contributed by atoms with van der Waals surface area (Å²) in [5.41, 5.74) is -0.801. The number of halogens is 4. The summed E-state index contributed by atoms with van der Waals surface area (Å²) in [4.78, 5) is 5.42. The number of nitrogens with zero attached hydrogens (tertiary/aromatic N) is 4. The highest BCUT2D eigenvalue weighted by Crippen LogP contribution is 2.40. The molecule has 0 bridgehead atoms. The van der Waals surface area contributed by atoms with Gasteiger partial charge in [0.25, 0.3) is 10.0 Å². The van der Waals surface area contributed by atoms with Crippen molar-refractivity contribution in [1.29, 1.82) is 5.26 Å². The molecule has 1 fully saturated rings. The van der Waals surface area contributed by atoms with Gasteiger partial charge in [-0.15, -0.1) is 0 Å². The van der Waals surface area contributed by atoms with E-state index in [4.69, 9.17) is 11.6 Å². The Labute approximate surface area is 183 Å². The molecule has 1 aromatic carbocycles. The molecule has 12 heteroatoms. The third kappa shape index (κ3) is 4.71. The summed E-state index contributed by atoms with van der Waals surface area (Å²) >= 11 is 6.08. The van der Waals surface area contributed by atoms with E-state index in [0.29, 0.717) is 19.5 Å². The van der Waals surface area contributed by atoms with Crippen LogP contribution in [0.2, 0.25) is 5.02 Å². The molecule has 1 aromatic heterocycles. The molecule has 3 rings (SSSR count). The molecular formula is C19H19ClF3N5O2S. The molecule has 7 nitrogen and oxygen atoms in total. The number of nitriles is 1. The molecule has 1 atom stereocenters. The summed E-state index contributed by atoms with van der Waals surface area (Å²) in [7, 11) is -1.16. The van der Waals surface area contributed by atoms with Gasteiger partial charge >= 0.3 is 0 Å². The number of aromatic nitrogens is 1. The van der Waals surface area contributed by atoms with E-state index in [2.05, 4.69) is 11.1 Å². The summed E-state index contributed by atoms with van der Waals surface area (Å²) in [5, 5.41) is 9.02. The molecule has 0 radical (unpaired) electrons. The van der Waals surface area contributed by atoms with Gasteiger partial charge in [0.2, 0.25) is 5.95 Å². The summed E-state index contributed by atoms with van der Waals surface area (Å²) in [6.45, 7) is 0.939. The monoisotopic (exact) mass is 473 g/mol. The maximum absolute atomic E-state index is 15.0. The topological polar surface area (TPSA) is 89.3 Å². The zero-order valence-electron chi connectivity index (χ0n) is 16.7. The number of rotatable bonds is 6. The number of pyridine rings is 1. The average Bonchev–Trinajstić information content (AvgIpc) is 3.07. The lowest BCUT2D eigenvalue weighted by Gasteiger charge is -2.26. The molecule has 166 valence electrons. The molecule has 0 aliphatic carbocycles. The zero-order chi connectivity index (χ0) is 23.0. The van der Waals surface area contributed by atoms with Crippen molar-refractivity contribution in [2.75, 3.05) is 43.4 Å². The summed E-state index contributed by atoms with van der Waals surface area (Å²) in [6, 6.07) is 6.39. The van der Waals surface area contributed by atoms with Gasteiger partial charge in [-0.1, -0.05) is 17.7 Å². The van der Waals surface area contributed by atoms with Crippen molar-refractivity contribution < 1.29 is 21.6 Å². The maximum atomic E-state index is 15.0. The van der Waals surface area contributed by atoms with Gasteiger partial charge in [-0.25, -0.2) is 22.2 Å². The van der Waals surface area contributed by atoms with Gasteiger partial charge in [0.1, 0.15) is 16.7 Å². The van der Waals surface area contributed by atoms with E-state index in [1.807, 2.05) is 23.7 Å². The lowest BCUT2D eigenvalue weighted by molar-refractivity contribution is 0.281. The van der Waals surface area contributed by atoms with Crippen LogP contribution in [0.25, 0.3) is 0 Å². The average molecular weight is 474 g/mol. The summed E-state index contributed by atoms with van der Waals surface area (Å²) in [5.74, 6) is -4.27. The van der Waals surface area contributed by atoms with E-state index in [1.54, 1.807) is 4.90 Å². The van der Waals surface area contributed by atoms with Gasteiger partial charge in [-0.2, -0.15) is 9.65 Å². The van der Waals surface area contributed by atoms with Crippen molar-refractivity contribution in [2.45, 2.75) is 11.3 Å². The van der Waals surface area contributed by atoms with Crippen LogP contribution in [0.3, 0.4) is 0 Å². The number of hydrogen-bond donors (Lipinski definition) is 1. The van der Waals surface area contributed by atoms with Gasteiger partial charge in [0.05, 0.1) is 17.2 Å². The zero-order valence-corrected chi connectivity index (χ0v) is 18.2. The molecule has 1 aliphatic rings. The van der Waals surface area contributed by atoms with Gasteiger partial charge in [0, 0.05) is 25.7 Å². The number of nitrogens with one attached hydrogen (secondary N) is 1. The minimum Gasteiger partial charge on any atom is -0.368 e. The Balaban J connectivity index is 1.96. The lowest BCUT2D eigenvalue weighted by Crippen LogP contribution is -2.35. The van der Waals surface area contributed by atoms with Crippen molar-refractivity contribution in [1.82, 2.24) is 9.88 Å². The molecule has 0 spiro atoms. The van der Waals surface area contributed by atoms with Crippen LogP contribution < -0.4 is 9.62 Å². The molecule has 0 amide bonds. The van der Waals surface area contributed by atoms with E-state index in [-0.39, 0.29) is 12.2 Å². The largest absolute Gasteiger partial charge is 0.368 e. The van der Waals surface area contributed by atoms with Crippen molar-refractivity contribution in [2.24, 2.45) is 5.41 Å². The fourth-order valence-corrected chi connectivity index (χ4v) is 5.10. The minimum atomic E-state index is -4.79. The third-order valence-corrected chi connectivity index (χ3v) is 6.62. The number of hydrogen-bond acceptors (Lipinski definition) is 6. The lowest BCUT2D eigenvalue weighted by atomic mass is 9.88. The first-order valence-corrected chi connectivity index (χ1v) is 11.0. The Morgan fingerprint density at radius 2 is 2.06 bits per heavy atom. The highest BCUT2D eigenvalue weighted by Gasteiger charge is 2.40. The molecule has 2 heterocycles. The van der Waals surface area contributed by atoms with Crippen molar-refractivity contribution in [3.63, 3.8) is 0 Å². The normalized spacial score (nSPS) is 19.0. The van der Waals surface area contributed by atoms with Crippen LogP contribution in [-0.2, 0) is 10.0 Å². The second-order valence-electron chi connectivity index (χ2n) is 7.59. The van der Waals surface area contributed by atoms with Crippen molar-refractivity contribution in [3.05, 3.63) is 46.9 Å². The van der Waals surface area contributed by atoms with Crippen molar-refractivity contribution in [3.8, 4) is 6.07 Å². The fourth-order valence-electron chi connectivity index (χ4n) is 3.64. The van der Waals surface area contributed by atoms with Gasteiger partial charge in [0.15, 0.2) is 10.7 Å². The SMILES string of the molecule is CN(C)C[C@@]1(C#N)CCN(c2cc(F)c(S(=O)(=O)Nc3cccc(F)n3)c(F)c2Cl)C1. The first-order valence-electron chi connectivity index (χ1n) is 9.12. The molecule has 1 aliphatic heterocycles. The Kier molecular flexibility index (Phi) is 6.36. The van der Waals surface area contributed by atoms with Crippen molar-refractivity contribution >= 4 is 33.1 Å². The molecule has 1 N–H and O–H groups in total. The van der Waals surface area contributed by atoms with E-state index in [9.17, 15) is 26.9 Å². The molecule has 31 heavy (non-hydrogen) atoms. The van der Waals surface area contributed by atoms with Crippen LogP contribution >= 0.6 is 11.6 Å². The van der Waals surface area contributed by atoms with Crippen LogP contribution in [0.15, 0.2) is 29.2 Å². The number of benzene rings is 1. The highest BCUT2D eigenvalue weighted by molar-refractivity contribution is 7.92. The molecule has 2 aromatic rings. The smallest absolute Gasteiger partial charge is 0.268 e. The first-order chi connectivity index (χ1) is 14.5. The summed E-state index contributed by atoms with van der Waals surface area (Å²) < 4.78 is 69.9. The molecular weight excluding hydrogens is 455 g/mol. The highest BCUT2D eigenvalue weighted by atomic mass is 35.5. The Morgan fingerprint density at radius 1 is 1.35 bits per heavy atom. The van der Waals surface area contributed by atoms with Gasteiger partial charge < -0.3 is 9.80 Å². The third-order valence-electron chi connectivity index (χ3n) is 4.87. The molecule has 1 saturated heterocycles. The number of sulfonamides is 1. The predicted octanol–water partition coefficient (Wildman–Crippen LogP) is 3.23. The van der Waals surface area contributed by atoms with Crippen LogP contribution in [0.1, 0.15) is 6.42 Å². The second-order valence-corrected chi connectivity index (χ2v) is 9.58. The van der Waals surface area contributed by atoms with E-state index in [0.717, 1.165) is 18.2 Å². The standard InChI is InChI=1S/C19H19ClF3N5O2S/c1-27(2)10-19(9-24)6-7-28(11-19)13-8-12(21)18(17(23)16(13)20)31(29,30)26-15-5-3-4-14(22)25-15/h3-5,8H,6-7,10-11H2,1-2H3,(H,25,26)/t19-/m0/s1. The van der Waals surface area contributed by atoms with Crippen LogP contribution in [-0.4, -0.2) is 52.0 Å². The molecule has 0 unspecified atom stereocenters. The van der Waals surface area contributed by atoms with E-state index < -0.39 is 48.8 Å². The second kappa shape index (κ2) is 8.53. The van der Waals surface area contributed by atoms with E-state index in [1.165, 1.54) is 6.07 Å². The maximum Gasteiger partial charge on any atom is 0.268 e. The van der Waals surface area contributed by atoms with Crippen LogP contribution in [0.5, 0.6) is 0 Å². The van der Waals surface area contributed by atoms with Crippen LogP contribution in [0.4, 0.5) is 24.7 Å².